The third-order valence-electron chi connectivity index (χ3n) is 4.48. The number of aliphatic hydroxyl groups is 1. The van der Waals surface area contributed by atoms with Gasteiger partial charge in [-0.2, -0.15) is 0 Å². The maximum atomic E-state index is 12.2. The van der Waals surface area contributed by atoms with Gasteiger partial charge < -0.3 is 28.8 Å². The van der Waals surface area contributed by atoms with Crippen molar-refractivity contribution < 1.29 is 38.0 Å². The lowest BCUT2D eigenvalue weighted by atomic mass is 10.1. The molecule has 0 spiro atoms. The normalized spacial score (nSPS) is 11.7. The highest BCUT2D eigenvalue weighted by Crippen LogP contribution is 2.29. The van der Waals surface area contributed by atoms with Gasteiger partial charge in [-0.1, -0.05) is 24.3 Å². The third kappa shape index (κ3) is 8.63. The molecule has 0 atom stereocenters. The van der Waals surface area contributed by atoms with E-state index in [-0.39, 0.29) is 25.6 Å². The quantitative estimate of drug-likeness (QED) is 0.183. The number of aliphatic hydroxyl groups excluding tert-OH is 1. The molecule has 182 valence electrons. The van der Waals surface area contributed by atoms with Crippen LogP contribution in [0.3, 0.4) is 0 Å². The molecule has 0 aromatic heterocycles. The predicted molar refractivity (Wildman–Crippen MR) is 129 cm³/mol. The molecule has 8 heteroatoms. The van der Waals surface area contributed by atoms with Crippen molar-refractivity contribution in [3.8, 4) is 23.0 Å². The van der Waals surface area contributed by atoms with Crippen LogP contribution in [0, 0.1) is 0 Å². The second kappa shape index (κ2) is 14.4. The zero-order chi connectivity index (χ0) is 24.8. The molecule has 0 heterocycles. The lowest BCUT2D eigenvalue weighted by molar-refractivity contribution is -0.110. The van der Waals surface area contributed by atoms with Gasteiger partial charge in [0.25, 0.3) is 0 Å². The van der Waals surface area contributed by atoms with Gasteiger partial charge in [-0.05, 0) is 47.5 Å². The number of carbonyl (C=O) groups excluding carboxylic acids is 1. The Hall–Kier alpha value is -3.78. The predicted octanol–water partition coefficient (Wildman–Crippen LogP) is 4.81. The van der Waals surface area contributed by atoms with Gasteiger partial charge in [0.15, 0.2) is 28.8 Å². The van der Waals surface area contributed by atoms with Crippen LogP contribution in [-0.4, -0.2) is 58.7 Å². The Labute approximate surface area is 198 Å². The molecular formula is C26H29FO7. The summed E-state index contributed by atoms with van der Waals surface area (Å²) < 4.78 is 38.4. The topological polar surface area (TPSA) is 83.5 Å². The summed E-state index contributed by atoms with van der Waals surface area (Å²) in [5.41, 5.74) is 1.48. The highest BCUT2D eigenvalue weighted by atomic mass is 19.1. The molecule has 0 radical (unpaired) electrons. The van der Waals surface area contributed by atoms with Gasteiger partial charge in [0, 0.05) is 6.08 Å². The van der Waals surface area contributed by atoms with Crippen LogP contribution in [0.4, 0.5) is 4.39 Å². The summed E-state index contributed by atoms with van der Waals surface area (Å²) >= 11 is 0. The largest absolute Gasteiger partial charge is 0.508 e. The molecule has 2 aromatic carbocycles. The molecule has 2 aromatic rings. The van der Waals surface area contributed by atoms with E-state index in [4.69, 9.17) is 23.7 Å². The second-order valence-electron chi connectivity index (χ2n) is 6.81. The van der Waals surface area contributed by atoms with Crippen molar-refractivity contribution >= 4 is 17.9 Å². The first kappa shape index (κ1) is 26.5. The van der Waals surface area contributed by atoms with Crippen molar-refractivity contribution in [3.63, 3.8) is 0 Å². The van der Waals surface area contributed by atoms with E-state index >= 15 is 0 Å². The number of hydrogen-bond acceptors (Lipinski definition) is 7. The molecule has 0 unspecified atom stereocenters. The van der Waals surface area contributed by atoms with E-state index < -0.39 is 12.5 Å². The smallest absolute Gasteiger partial charge is 0.182 e. The van der Waals surface area contributed by atoms with Gasteiger partial charge in [-0.15, -0.1) is 0 Å². The molecule has 0 aliphatic heterocycles. The second-order valence-corrected chi connectivity index (χ2v) is 6.81. The lowest BCUT2D eigenvalue weighted by Crippen LogP contribution is -2.08. The van der Waals surface area contributed by atoms with Crippen molar-refractivity contribution in [3.05, 3.63) is 71.5 Å². The zero-order valence-corrected chi connectivity index (χ0v) is 19.5. The number of benzene rings is 2. The summed E-state index contributed by atoms with van der Waals surface area (Å²) in [6.07, 6.45) is 7.11. The average Bonchev–Trinajstić information content (AvgIpc) is 2.86. The average molecular weight is 473 g/mol. The van der Waals surface area contributed by atoms with Crippen LogP contribution >= 0.6 is 0 Å². The SMILES string of the molecule is COc1ccc(/C=C/C(O)=CC(=O)/C=C/c2ccc(OCCOCCF)c(OC)c2)cc1OC. The highest BCUT2D eigenvalue weighted by Gasteiger charge is 2.06. The summed E-state index contributed by atoms with van der Waals surface area (Å²) in [6, 6.07) is 10.5. The lowest BCUT2D eigenvalue weighted by Gasteiger charge is -2.11. The molecule has 0 amide bonds. The fraction of sp³-hybridized carbons (Fsp3) is 0.269. The first-order valence-corrected chi connectivity index (χ1v) is 10.5. The molecule has 0 aliphatic rings. The van der Waals surface area contributed by atoms with Gasteiger partial charge in [-0.25, -0.2) is 4.39 Å². The van der Waals surface area contributed by atoms with Gasteiger partial charge in [0.1, 0.15) is 19.0 Å². The summed E-state index contributed by atoms with van der Waals surface area (Å²) in [5.74, 6) is 1.56. The number of hydrogen-bond donors (Lipinski definition) is 1. The number of rotatable bonds is 14. The van der Waals surface area contributed by atoms with E-state index in [0.29, 0.717) is 28.6 Å². The van der Waals surface area contributed by atoms with E-state index in [1.165, 1.54) is 26.4 Å². The van der Waals surface area contributed by atoms with Crippen LogP contribution < -0.4 is 18.9 Å². The minimum atomic E-state index is -0.537. The number of ether oxygens (including phenoxy) is 5. The van der Waals surface area contributed by atoms with Crippen LogP contribution in [0.2, 0.25) is 0 Å². The molecule has 0 bridgehead atoms. The highest BCUT2D eigenvalue weighted by molar-refractivity contribution is 6.02. The van der Waals surface area contributed by atoms with E-state index in [1.807, 2.05) is 0 Å². The molecule has 34 heavy (non-hydrogen) atoms. The van der Waals surface area contributed by atoms with Crippen molar-refractivity contribution in [1.29, 1.82) is 0 Å². The van der Waals surface area contributed by atoms with Crippen LogP contribution in [0.15, 0.2) is 60.4 Å². The van der Waals surface area contributed by atoms with Crippen molar-refractivity contribution in [1.82, 2.24) is 0 Å². The Kier molecular flexibility index (Phi) is 11.2. The summed E-state index contributed by atoms with van der Waals surface area (Å²) in [7, 11) is 4.59. The van der Waals surface area contributed by atoms with E-state index in [0.717, 1.165) is 11.6 Å². The summed E-state index contributed by atoms with van der Waals surface area (Å²) in [4.78, 5) is 12.2. The number of alkyl halides is 1. The Balaban J connectivity index is 1.98. The first-order chi connectivity index (χ1) is 16.5. The Morgan fingerprint density at radius 1 is 0.824 bits per heavy atom. The maximum Gasteiger partial charge on any atom is 0.182 e. The molecule has 1 N–H and O–H groups in total. The molecular weight excluding hydrogens is 443 g/mol. The minimum Gasteiger partial charge on any atom is -0.508 e. The van der Waals surface area contributed by atoms with Crippen LogP contribution in [0.25, 0.3) is 12.2 Å². The number of methoxy groups -OCH3 is 3. The maximum absolute atomic E-state index is 12.2. The number of allylic oxidation sites excluding steroid dienone is 3. The van der Waals surface area contributed by atoms with Gasteiger partial charge in [-0.3, -0.25) is 4.79 Å². The first-order valence-electron chi connectivity index (χ1n) is 10.5. The monoisotopic (exact) mass is 472 g/mol. The number of carbonyl (C=O) groups is 1. The molecule has 0 aliphatic carbocycles. The van der Waals surface area contributed by atoms with Gasteiger partial charge in [0.2, 0.25) is 0 Å². The zero-order valence-electron chi connectivity index (χ0n) is 19.5. The molecule has 0 saturated heterocycles. The Bertz CT molecular complexity index is 1030. The van der Waals surface area contributed by atoms with E-state index in [2.05, 4.69) is 0 Å². The standard InChI is InChI=1S/C26H29FO7/c1-30-23-10-6-19(16-25(23)31-2)4-8-21(28)18-22(29)9-5-20-7-11-24(26(17-20)32-3)34-15-14-33-13-12-27/h4-11,16-18,28H,12-15H2,1-3H3/b8-4+,9-5+,21-18?. The van der Waals surface area contributed by atoms with Crippen molar-refractivity contribution in [2.75, 3.05) is 47.8 Å². The number of ketones is 1. The van der Waals surface area contributed by atoms with Crippen molar-refractivity contribution in [2.45, 2.75) is 0 Å². The van der Waals surface area contributed by atoms with Crippen molar-refractivity contribution in [2.24, 2.45) is 0 Å². The van der Waals surface area contributed by atoms with Gasteiger partial charge >= 0.3 is 0 Å². The third-order valence-corrected chi connectivity index (χ3v) is 4.48. The summed E-state index contributed by atoms with van der Waals surface area (Å²) in [5, 5.41) is 10.1. The fourth-order valence-corrected chi connectivity index (χ4v) is 2.83. The fourth-order valence-electron chi connectivity index (χ4n) is 2.83. The molecule has 2 rings (SSSR count). The van der Waals surface area contributed by atoms with Gasteiger partial charge in [0.05, 0.1) is 34.5 Å². The van der Waals surface area contributed by atoms with E-state index in [9.17, 15) is 14.3 Å². The molecule has 7 nitrogen and oxygen atoms in total. The Morgan fingerprint density at radius 3 is 2.03 bits per heavy atom. The van der Waals surface area contributed by atoms with Crippen LogP contribution in [0.5, 0.6) is 23.0 Å². The molecule has 0 fully saturated rings. The van der Waals surface area contributed by atoms with Crippen LogP contribution in [-0.2, 0) is 9.53 Å². The van der Waals surface area contributed by atoms with Crippen LogP contribution in [0.1, 0.15) is 11.1 Å². The number of halogens is 1. The molecule has 0 saturated carbocycles. The minimum absolute atomic E-state index is 0.0360. The van der Waals surface area contributed by atoms with E-state index in [1.54, 1.807) is 55.7 Å². The summed E-state index contributed by atoms with van der Waals surface area (Å²) in [6.45, 7) is 0.0168. The Morgan fingerprint density at radius 2 is 1.41 bits per heavy atom.